The van der Waals surface area contributed by atoms with Crippen molar-refractivity contribution in [3.8, 4) is 0 Å². The van der Waals surface area contributed by atoms with Crippen LogP contribution in [-0.2, 0) is 0 Å². The van der Waals surface area contributed by atoms with Crippen molar-refractivity contribution in [2.24, 2.45) is 16.6 Å². The van der Waals surface area contributed by atoms with Crippen molar-refractivity contribution in [1.82, 2.24) is 0 Å². The molecular formula is C17H27BF3N. The van der Waals surface area contributed by atoms with E-state index >= 15 is 0 Å². The SMILES string of the molecule is C=C/C=C(N)\C(=C/CC(F)(F)F)B1CC(C)(C)C(C)(CC)C1. The van der Waals surface area contributed by atoms with Gasteiger partial charge in [-0.3, -0.25) is 0 Å². The van der Waals surface area contributed by atoms with Crippen LogP contribution in [0, 0.1) is 10.8 Å². The van der Waals surface area contributed by atoms with Gasteiger partial charge in [-0.2, -0.15) is 13.2 Å². The van der Waals surface area contributed by atoms with E-state index in [2.05, 4.69) is 34.3 Å². The second-order valence-corrected chi connectivity index (χ2v) is 7.24. The molecule has 22 heavy (non-hydrogen) atoms. The Hall–Kier alpha value is -1.13. The fourth-order valence-corrected chi connectivity index (χ4v) is 3.57. The molecule has 1 fully saturated rings. The van der Waals surface area contributed by atoms with Crippen LogP contribution in [0.3, 0.4) is 0 Å². The Labute approximate surface area is 132 Å². The van der Waals surface area contributed by atoms with Gasteiger partial charge >= 0.3 is 6.18 Å². The number of hydrogen-bond donors (Lipinski definition) is 1. The Kier molecular flexibility index (Phi) is 5.64. The minimum absolute atomic E-state index is 0.0681. The van der Waals surface area contributed by atoms with E-state index in [1.807, 2.05) is 0 Å². The van der Waals surface area contributed by atoms with Crippen molar-refractivity contribution >= 4 is 6.71 Å². The summed E-state index contributed by atoms with van der Waals surface area (Å²) in [4.78, 5) is 0. The summed E-state index contributed by atoms with van der Waals surface area (Å²) in [5, 5.41) is 0. The van der Waals surface area contributed by atoms with Crippen molar-refractivity contribution in [3.05, 3.63) is 36.0 Å². The molecule has 1 nitrogen and oxygen atoms in total. The van der Waals surface area contributed by atoms with Crippen LogP contribution in [0.25, 0.3) is 0 Å². The summed E-state index contributed by atoms with van der Waals surface area (Å²) in [6.45, 7) is 12.4. The molecule has 1 saturated heterocycles. The molecule has 0 aliphatic carbocycles. The van der Waals surface area contributed by atoms with Gasteiger partial charge < -0.3 is 5.73 Å². The average molecular weight is 313 g/mol. The lowest BCUT2D eigenvalue weighted by molar-refractivity contribution is -0.125. The molecule has 0 saturated carbocycles. The molecule has 1 unspecified atom stereocenters. The van der Waals surface area contributed by atoms with Crippen molar-refractivity contribution in [1.29, 1.82) is 0 Å². The first kappa shape index (κ1) is 18.9. The van der Waals surface area contributed by atoms with Gasteiger partial charge in [-0.1, -0.05) is 71.0 Å². The Morgan fingerprint density at radius 1 is 1.27 bits per heavy atom. The van der Waals surface area contributed by atoms with Crippen molar-refractivity contribution in [2.45, 2.75) is 59.4 Å². The molecule has 0 aromatic carbocycles. The van der Waals surface area contributed by atoms with Crippen molar-refractivity contribution < 1.29 is 13.2 Å². The Morgan fingerprint density at radius 2 is 1.86 bits per heavy atom. The molecule has 0 aromatic rings. The van der Waals surface area contributed by atoms with Gasteiger partial charge in [0.25, 0.3) is 0 Å². The van der Waals surface area contributed by atoms with Crippen LogP contribution in [0.5, 0.6) is 0 Å². The summed E-state index contributed by atoms with van der Waals surface area (Å²) in [7, 11) is 0. The molecule has 0 amide bonds. The van der Waals surface area contributed by atoms with E-state index in [1.165, 1.54) is 12.2 Å². The molecule has 0 aromatic heterocycles. The number of alkyl halides is 3. The van der Waals surface area contributed by atoms with E-state index in [9.17, 15) is 13.2 Å². The first-order valence-electron chi connectivity index (χ1n) is 7.81. The van der Waals surface area contributed by atoms with Gasteiger partial charge in [0, 0.05) is 5.70 Å². The van der Waals surface area contributed by atoms with Gasteiger partial charge in [-0.05, 0) is 16.9 Å². The van der Waals surface area contributed by atoms with Crippen molar-refractivity contribution in [3.63, 3.8) is 0 Å². The second kappa shape index (κ2) is 6.55. The summed E-state index contributed by atoms with van der Waals surface area (Å²) < 4.78 is 37.8. The first-order valence-corrected chi connectivity index (χ1v) is 7.81. The van der Waals surface area contributed by atoms with Crippen LogP contribution < -0.4 is 5.73 Å². The fourth-order valence-electron chi connectivity index (χ4n) is 3.57. The topological polar surface area (TPSA) is 26.0 Å². The van der Waals surface area contributed by atoms with Crippen LogP contribution in [0.1, 0.15) is 40.5 Å². The first-order chi connectivity index (χ1) is 9.96. The monoisotopic (exact) mass is 313 g/mol. The summed E-state index contributed by atoms with van der Waals surface area (Å²) in [6.07, 6.45) is 1.96. The number of rotatable bonds is 5. The van der Waals surface area contributed by atoms with Gasteiger partial charge in [-0.25, -0.2) is 0 Å². The minimum Gasteiger partial charge on any atom is -0.399 e. The van der Waals surface area contributed by atoms with Gasteiger partial charge in [0.2, 0.25) is 0 Å². The highest BCUT2D eigenvalue weighted by atomic mass is 19.4. The average Bonchev–Trinajstić information content (AvgIpc) is 2.59. The largest absolute Gasteiger partial charge is 0.399 e. The summed E-state index contributed by atoms with van der Waals surface area (Å²) >= 11 is 0. The molecular weight excluding hydrogens is 286 g/mol. The van der Waals surface area contributed by atoms with Gasteiger partial charge in [0.1, 0.15) is 0 Å². The van der Waals surface area contributed by atoms with Gasteiger partial charge in [-0.15, -0.1) is 0 Å². The molecule has 5 heteroatoms. The molecule has 1 aliphatic rings. The molecule has 124 valence electrons. The predicted molar refractivity (Wildman–Crippen MR) is 88.8 cm³/mol. The lowest BCUT2D eigenvalue weighted by atomic mass is 9.40. The Bertz CT molecular complexity index is 477. The normalized spacial score (nSPS) is 26.4. The number of hydrogen-bond acceptors (Lipinski definition) is 1. The maximum atomic E-state index is 12.6. The van der Waals surface area contributed by atoms with E-state index in [-0.39, 0.29) is 17.5 Å². The molecule has 2 N–H and O–H groups in total. The van der Waals surface area contributed by atoms with E-state index < -0.39 is 12.6 Å². The highest BCUT2D eigenvalue weighted by Crippen LogP contribution is 2.56. The lowest BCUT2D eigenvalue weighted by Gasteiger charge is -2.38. The third-order valence-electron chi connectivity index (χ3n) is 5.49. The Balaban J connectivity index is 3.14. The zero-order chi connectivity index (χ0) is 17.2. The van der Waals surface area contributed by atoms with Crippen LogP contribution in [0.15, 0.2) is 36.0 Å². The lowest BCUT2D eigenvalue weighted by Crippen LogP contribution is -2.27. The number of allylic oxidation sites excluding steroid dienone is 4. The van der Waals surface area contributed by atoms with E-state index in [0.717, 1.165) is 19.1 Å². The smallest absolute Gasteiger partial charge is 0.392 e. The molecule has 1 aliphatic heterocycles. The zero-order valence-corrected chi connectivity index (χ0v) is 14.1. The molecule has 1 heterocycles. The summed E-state index contributed by atoms with van der Waals surface area (Å²) in [5.74, 6) is 0. The highest BCUT2D eigenvalue weighted by molar-refractivity contribution is 6.69. The summed E-state index contributed by atoms with van der Waals surface area (Å²) in [5.41, 5.74) is 7.24. The molecule has 0 bridgehead atoms. The van der Waals surface area contributed by atoms with Crippen LogP contribution >= 0.6 is 0 Å². The number of nitrogens with two attached hydrogens (primary N) is 1. The predicted octanol–water partition coefficient (Wildman–Crippen LogP) is 5.38. The third-order valence-corrected chi connectivity index (χ3v) is 5.49. The third kappa shape index (κ3) is 4.20. The summed E-state index contributed by atoms with van der Waals surface area (Å²) in [6, 6.07) is 0. The Morgan fingerprint density at radius 3 is 2.27 bits per heavy atom. The van der Waals surface area contributed by atoms with Gasteiger partial charge in [0.05, 0.1) is 6.42 Å². The highest BCUT2D eigenvalue weighted by Gasteiger charge is 2.50. The number of halogens is 3. The molecule has 0 radical (unpaired) electrons. The zero-order valence-electron chi connectivity index (χ0n) is 14.1. The van der Waals surface area contributed by atoms with Crippen molar-refractivity contribution in [2.75, 3.05) is 0 Å². The quantitative estimate of drug-likeness (QED) is 0.535. The van der Waals surface area contributed by atoms with E-state index in [0.29, 0.717) is 11.2 Å². The standard InChI is InChI=1S/C17H27BF3N/c1-6-8-14(22)13(9-10-17(19,20)21)18-11-15(3,4)16(5,7-2)12-18/h6,8-9H,1,7,10-12,22H2,2-5H3/b13-9+,14-8+. The van der Waals surface area contributed by atoms with E-state index in [4.69, 9.17) is 5.73 Å². The molecule has 1 rings (SSSR count). The maximum absolute atomic E-state index is 12.6. The second-order valence-electron chi connectivity index (χ2n) is 7.24. The van der Waals surface area contributed by atoms with Crippen LogP contribution in [-0.4, -0.2) is 12.9 Å². The maximum Gasteiger partial charge on any atom is 0.392 e. The fraction of sp³-hybridized carbons (Fsp3) is 0.647. The minimum atomic E-state index is -4.21. The van der Waals surface area contributed by atoms with Crippen LogP contribution in [0.2, 0.25) is 12.6 Å². The molecule has 0 spiro atoms. The molecule has 1 atom stereocenters. The van der Waals surface area contributed by atoms with Crippen LogP contribution in [0.4, 0.5) is 13.2 Å². The van der Waals surface area contributed by atoms with E-state index in [1.54, 1.807) is 6.08 Å². The van der Waals surface area contributed by atoms with Gasteiger partial charge in [0.15, 0.2) is 6.71 Å².